The van der Waals surface area contributed by atoms with Crippen molar-refractivity contribution in [1.29, 1.82) is 0 Å². The highest BCUT2D eigenvalue weighted by atomic mass is 19.2. The number of rotatable bonds is 4. The minimum Gasteiger partial charge on any atom is -0.331 e. The van der Waals surface area contributed by atoms with E-state index in [0.717, 1.165) is 17.7 Å². The molecule has 0 aliphatic carbocycles. The Hall–Kier alpha value is -2.50. The van der Waals surface area contributed by atoms with E-state index in [1.165, 1.54) is 23.1 Å². The summed E-state index contributed by atoms with van der Waals surface area (Å²) >= 11 is 0. The van der Waals surface area contributed by atoms with Crippen molar-refractivity contribution < 1.29 is 18.0 Å². The van der Waals surface area contributed by atoms with Crippen LogP contribution < -0.4 is 5.32 Å². The van der Waals surface area contributed by atoms with Gasteiger partial charge in [0.15, 0.2) is 11.6 Å². The summed E-state index contributed by atoms with van der Waals surface area (Å²) in [5, 5.41) is 2.73. The summed E-state index contributed by atoms with van der Waals surface area (Å²) in [7, 11) is 1.61. The third-order valence-electron chi connectivity index (χ3n) is 4.04. The van der Waals surface area contributed by atoms with Crippen LogP contribution >= 0.6 is 0 Å². The van der Waals surface area contributed by atoms with Crippen molar-refractivity contribution in [1.82, 2.24) is 10.2 Å². The van der Waals surface area contributed by atoms with Gasteiger partial charge < -0.3 is 10.2 Å². The zero-order valence-corrected chi connectivity index (χ0v) is 13.7. The SMILES string of the molecule is CC(NC(=O)N(C)C(C)c1ccc(F)cc1)c1ccc(F)c(F)c1. The van der Waals surface area contributed by atoms with Crippen LogP contribution in [0.5, 0.6) is 0 Å². The first kappa shape index (κ1) is 17.8. The van der Waals surface area contributed by atoms with Crippen LogP contribution in [0, 0.1) is 17.5 Å². The molecular weight excluding hydrogens is 317 g/mol. The normalized spacial score (nSPS) is 13.2. The smallest absolute Gasteiger partial charge is 0.318 e. The van der Waals surface area contributed by atoms with Crippen LogP contribution in [0.15, 0.2) is 42.5 Å². The van der Waals surface area contributed by atoms with Crippen LogP contribution in [0.1, 0.15) is 37.1 Å². The topological polar surface area (TPSA) is 32.3 Å². The molecule has 0 spiro atoms. The van der Waals surface area contributed by atoms with Gasteiger partial charge in [-0.25, -0.2) is 18.0 Å². The molecule has 2 aromatic carbocycles. The Kier molecular flexibility index (Phi) is 5.49. The van der Waals surface area contributed by atoms with Gasteiger partial charge in [0.2, 0.25) is 0 Å². The summed E-state index contributed by atoms with van der Waals surface area (Å²) < 4.78 is 39.2. The van der Waals surface area contributed by atoms with E-state index in [0.29, 0.717) is 5.56 Å². The summed E-state index contributed by atoms with van der Waals surface area (Å²) in [6, 6.07) is 8.27. The molecule has 0 aromatic heterocycles. The molecule has 1 N–H and O–H groups in total. The minimum atomic E-state index is -0.957. The number of hydrogen-bond acceptors (Lipinski definition) is 1. The molecule has 0 radical (unpaired) electrons. The number of nitrogens with zero attached hydrogens (tertiary/aromatic N) is 1. The summed E-state index contributed by atoms with van der Waals surface area (Å²) in [5.74, 6) is -2.23. The molecule has 0 aliphatic rings. The van der Waals surface area contributed by atoms with Crippen LogP contribution in [0.3, 0.4) is 0 Å². The highest BCUT2D eigenvalue weighted by Crippen LogP contribution is 2.21. The Bertz CT molecular complexity index is 719. The second kappa shape index (κ2) is 7.38. The van der Waals surface area contributed by atoms with E-state index in [9.17, 15) is 18.0 Å². The lowest BCUT2D eigenvalue weighted by molar-refractivity contribution is 0.191. The first-order valence-electron chi connectivity index (χ1n) is 7.53. The third-order valence-corrected chi connectivity index (χ3v) is 4.04. The Morgan fingerprint density at radius 2 is 1.54 bits per heavy atom. The fourth-order valence-corrected chi connectivity index (χ4v) is 2.29. The average molecular weight is 336 g/mol. The first-order valence-corrected chi connectivity index (χ1v) is 7.53. The summed E-state index contributed by atoms with van der Waals surface area (Å²) in [4.78, 5) is 13.8. The second-order valence-electron chi connectivity index (χ2n) is 5.68. The fraction of sp³-hybridized carbons (Fsp3) is 0.278. The van der Waals surface area contributed by atoms with Crippen molar-refractivity contribution in [3.63, 3.8) is 0 Å². The molecular formula is C18H19F3N2O. The molecule has 0 bridgehead atoms. The molecule has 128 valence electrons. The molecule has 0 saturated carbocycles. The number of benzene rings is 2. The molecule has 3 nitrogen and oxygen atoms in total. The lowest BCUT2D eigenvalue weighted by Gasteiger charge is -2.27. The van der Waals surface area contributed by atoms with E-state index >= 15 is 0 Å². The van der Waals surface area contributed by atoms with Crippen LogP contribution in [0.25, 0.3) is 0 Å². The van der Waals surface area contributed by atoms with Crippen LogP contribution in [-0.4, -0.2) is 18.0 Å². The zero-order valence-electron chi connectivity index (χ0n) is 13.7. The molecule has 6 heteroatoms. The van der Waals surface area contributed by atoms with Crippen molar-refractivity contribution in [3.8, 4) is 0 Å². The van der Waals surface area contributed by atoms with Gasteiger partial charge in [0.1, 0.15) is 5.82 Å². The van der Waals surface area contributed by atoms with Gasteiger partial charge in [0.05, 0.1) is 12.1 Å². The van der Waals surface area contributed by atoms with Gasteiger partial charge >= 0.3 is 6.03 Å². The molecule has 2 amide bonds. The second-order valence-corrected chi connectivity index (χ2v) is 5.68. The van der Waals surface area contributed by atoms with Gasteiger partial charge in [0, 0.05) is 7.05 Å². The van der Waals surface area contributed by atoms with E-state index in [1.54, 1.807) is 26.1 Å². The van der Waals surface area contributed by atoms with Gasteiger partial charge in [-0.15, -0.1) is 0 Å². The molecule has 0 heterocycles. The standard InChI is InChI=1S/C18H19F3N2O/c1-11(14-6-9-16(20)17(21)10-14)22-18(24)23(3)12(2)13-4-7-15(19)8-5-13/h4-12H,1-3H3,(H,22,24). The number of nitrogens with one attached hydrogen (secondary N) is 1. The highest BCUT2D eigenvalue weighted by Gasteiger charge is 2.20. The molecule has 2 aromatic rings. The van der Waals surface area contributed by atoms with Gasteiger partial charge in [-0.1, -0.05) is 18.2 Å². The first-order chi connectivity index (χ1) is 11.3. The van der Waals surface area contributed by atoms with E-state index in [-0.39, 0.29) is 17.9 Å². The molecule has 0 saturated heterocycles. The Morgan fingerprint density at radius 3 is 2.12 bits per heavy atom. The molecule has 0 fully saturated rings. The maximum Gasteiger partial charge on any atom is 0.318 e. The number of amides is 2. The fourth-order valence-electron chi connectivity index (χ4n) is 2.29. The van der Waals surface area contributed by atoms with E-state index in [1.807, 2.05) is 6.92 Å². The lowest BCUT2D eigenvalue weighted by atomic mass is 10.1. The van der Waals surface area contributed by atoms with Crippen molar-refractivity contribution in [2.75, 3.05) is 7.05 Å². The number of halogens is 3. The van der Waals surface area contributed by atoms with Crippen LogP contribution in [0.4, 0.5) is 18.0 Å². The largest absolute Gasteiger partial charge is 0.331 e. The van der Waals surface area contributed by atoms with Gasteiger partial charge in [-0.3, -0.25) is 0 Å². The van der Waals surface area contributed by atoms with Crippen molar-refractivity contribution in [3.05, 3.63) is 71.0 Å². The summed E-state index contributed by atoms with van der Waals surface area (Å²) in [6.07, 6.45) is 0. The van der Waals surface area contributed by atoms with E-state index < -0.39 is 17.7 Å². The maximum atomic E-state index is 13.3. The number of carbonyl (C=O) groups is 1. The summed E-state index contributed by atoms with van der Waals surface area (Å²) in [5.41, 5.74) is 1.25. The number of hydrogen-bond donors (Lipinski definition) is 1. The van der Waals surface area contributed by atoms with Gasteiger partial charge in [0.25, 0.3) is 0 Å². The summed E-state index contributed by atoms with van der Waals surface area (Å²) in [6.45, 7) is 3.50. The van der Waals surface area contributed by atoms with Crippen molar-refractivity contribution in [2.24, 2.45) is 0 Å². The Morgan fingerprint density at radius 1 is 0.958 bits per heavy atom. The van der Waals surface area contributed by atoms with E-state index in [4.69, 9.17) is 0 Å². The maximum absolute atomic E-state index is 13.3. The Balaban J connectivity index is 2.04. The monoisotopic (exact) mass is 336 g/mol. The average Bonchev–Trinajstić information content (AvgIpc) is 2.56. The molecule has 2 atom stereocenters. The Labute approximate surface area is 139 Å². The predicted octanol–water partition coefficient (Wildman–Crippen LogP) is 4.57. The van der Waals surface area contributed by atoms with E-state index in [2.05, 4.69) is 5.32 Å². The lowest BCUT2D eigenvalue weighted by Crippen LogP contribution is -2.40. The molecule has 0 aliphatic heterocycles. The van der Waals surface area contributed by atoms with Crippen LogP contribution in [0.2, 0.25) is 0 Å². The molecule has 24 heavy (non-hydrogen) atoms. The van der Waals surface area contributed by atoms with Crippen molar-refractivity contribution in [2.45, 2.75) is 25.9 Å². The zero-order chi connectivity index (χ0) is 17.9. The molecule has 2 rings (SSSR count). The third kappa shape index (κ3) is 4.07. The highest BCUT2D eigenvalue weighted by molar-refractivity contribution is 5.75. The number of urea groups is 1. The quantitative estimate of drug-likeness (QED) is 0.872. The van der Waals surface area contributed by atoms with Gasteiger partial charge in [-0.2, -0.15) is 0 Å². The minimum absolute atomic E-state index is 0.275. The van der Waals surface area contributed by atoms with Crippen molar-refractivity contribution >= 4 is 6.03 Å². The van der Waals surface area contributed by atoms with Crippen LogP contribution in [-0.2, 0) is 0 Å². The predicted molar refractivity (Wildman–Crippen MR) is 85.9 cm³/mol. The number of carbonyl (C=O) groups excluding carboxylic acids is 1. The molecule has 2 unspecified atom stereocenters. The van der Waals surface area contributed by atoms with Gasteiger partial charge in [-0.05, 0) is 49.2 Å².